The quantitative estimate of drug-likeness (QED) is 0.845. The van der Waals surface area contributed by atoms with Crippen LogP contribution in [0.4, 0.5) is 11.6 Å². The number of amides is 1. The first-order valence-corrected chi connectivity index (χ1v) is 8.25. The molecule has 3 heterocycles. The second-order valence-corrected chi connectivity index (χ2v) is 6.16. The van der Waals surface area contributed by atoms with Crippen molar-refractivity contribution in [3.63, 3.8) is 0 Å². The average molecular weight is 332 g/mol. The zero-order valence-corrected chi connectivity index (χ0v) is 14.2. The van der Waals surface area contributed by atoms with E-state index in [-0.39, 0.29) is 5.91 Å². The van der Waals surface area contributed by atoms with Gasteiger partial charge in [0.05, 0.1) is 19.4 Å². The molecule has 130 valence electrons. The first-order chi connectivity index (χ1) is 11.6. The van der Waals surface area contributed by atoms with E-state index in [1.807, 2.05) is 26.2 Å². The van der Waals surface area contributed by atoms with Gasteiger partial charge in [0.15, 0.2) is 5.65 Å². The SMILES string of the molecule is CN(C)CCCC(=O)Nc1cc(N2CCOCC2)n2nccc2n1. The van der Waals surface area contributed by atoms with Gasteiger partial charge in [-0.25, -0.2) is 4.98 Å². The van der Waals surface area contributed by atoms with Crippen LogP contribution in [0.25, 0.3) is 5.65 Å². The van der Waals surface area contributed by atoms with E-state index in [4.69, 9.17) is 4.74 Å². The van der Waals surface area contributed by atoms with Crippen LogP contribution >= 0.6 is 0 Å². The van der Waals surface area contributed by atoms with Gasteiger partial charge in [-0.3, -0.25) is 4.79 Å². The maximum absolute atomic E-state index is 12.1. The number of hydrogen-bond acceptors (Lipinski definition) is 6. The molecule has 1 aliphatic heterocycles. The molecule has 2 aromatic heterocycles. The summed E-state index contributed by atoms with van der Waals surface area (Å²) in [6.07, 6.45) is 3.02. The Hall–Kier alpha value is -2.19. The third-order valence-electron chi connectivity index (χ3n) is 3.95. The number of ether oxygens (including phenoxy) is 1. The van der Waals surface area contributed by atoms with Crippen LogP contribution in [-0.4, -0.2) is 72.3 Å². The summed E-state index contributed by atoms with van der Waals surface area (Å²) in [5, 5.41) is 7.25. The minimum absolute atomic E-state index is 0.0128. The average Bonchev–Trinajstić information content (AvgIpc) is 3.03. The lowest BCUT2D eigenvalue weighted by Gasteiger charge is -2.29. The molecule has 0 unspecified atom stereocenters. The molecule has 1 N–H and O–H groups in total. The minimum atomic E-state index is -0.0128. The smallest absolute Gasteiger partial charge is 0.225 e. The van der Waals surface area contributed by atoms with Crippen molar-refractivity contribution in [1.82, 2.24) is 19.5 Å². The van der Waals surface area contributed by atoms with Crippen molar-refractivity contribution in [3.8, 4) is 0 Å². The van der Waals surface area contributed by atoms with Gasteiger partial charge in [-0.05, 0) is 27.1 Å². The third kappa shape index (κ3) is 4.01. The lowest BCUT2D eigenvalue weighted by Crippen LogP contribution is -2.37. The van der Waals surface area contributed by atoms with E-state index in [9.17, 15) is 4.79 Å². The van der Waals surface area contributed by atoms with Crippen LogP contribution in [-0.2, 0) is 9.53 Å². The van der Waals surface area contributed by atoms with Crippen molar-refractivity contribution in [2.75, 3.05) is 57.2 Å². The summed E-state index contributed by atoms with van der Waals surface area (Å²) < 4.78 is 7.21. The van der Waals surface area contributed by atoms with Gasteiger partial charge in [0, 0.05) is 31.6 Å². The molecule has 8 heteroatoms. The van der Waals surface area contributed by atoms with Gasteiger partial charge in [0.1, 0.15) is 11.6 Å². The van der Waals surface area contributed by atoms with Gasteiger partial charge in [-0.15, -0.1) is 0 Å². The van der Waals surface area contributed by atoms with Crippen LogP contribution < -0.4 is 10.2 Å². The highest BCUT2D eigenvalue weighted by Crippen LogP contribution is 2.21. The lowest BCUT2D eigenvalue weighted by atomic mass is 10.3. The Labute approximate surface area is 141 Å². The zero-order chi connectivity index (χ0) is 16.9. The number of carbonyl (C=O) groups excluding carboxylic acids is 1. The summed E-state index contributed by atoms with van der Waals surface area (Å²) in [5.74, 6) is 1.48. The highest BCUT2D eigenvalue weighted by atomic mass is 16.5. The van der Waals surface area contributed by atoms with E-state index in [1.54, 1.807) is 10.7 Å². The van der Waals surface area contributed by atoms with Crippen LogP contribution in [0.5, 0.6) is 0 Å². The third-order valence-corrected chi connectivity index (χ3v) is 3.95. The van der Waals surface area contributed by atoms with Gasteiger partial charge in [-0.2, -0.15) is 9.61 Å². The van der Waals surface area contributed by atoms with Crippen molar-refractivity contribution in [3.05, 3.63) is 18.3 Å². The molecule has 3 rings (SSSR count). The van der Waals surface area contributed by atoms with Crippen LogP contribution in [0.2, 0.25) is 0 Å². The Bertz CT molecular complexity index is 693. The van der Waals surface area contributed by atoms with E-state index in [0.717, 1.165) is 37.5 Å². The van der Waals surface area contributed by atoms with E-state index in [1.165, 1.54) is 0 Å². The number of anilines is 2. The molecule has 24 heavy (non-hydrogen) atoms. The maximum atomic E-state index is 12.1. The highest BCUT2D eigenvalue weighted by molar-refractivity contribution is 5.90. The van der Waals surface area contributed by atoms with Crippen molar-refractivity contribution in [1.29, 1.82) is 0 Å². The summed E-state index contributed by atoms with van der Waals surface area (Å²) in [6.45, 7) is 3.88. The Morgan fingerprint density at radius 1 is 1.38 bits per heavy atom. The summed E-state index contributed by atoms with van der Waals surface area (Å²) in [7, 11) is 4.00. The number of fused-ring (bicyclic) bond motifs is 1. The molecule has 0 saturated carbocycles. The Balaban J connectivity index is 1.74. The van der Waals surface area contributed by atoms with E-state index >= 15 is 0 Å². The molecule has 0 spiro atoms. The van der Waals surface area contributed by atoms with Crippen molar-refractivity contribution < 1.29 is 9.53 Å². The number of nitrogens with zero attached hydrogens (tertiary/aromatic N) is 5. The zero-order valence-electron chi connectivity index (χ0n) is 14.2. The molecule has 0 atom stereocenters. The van der Waals surface area contributed by atoms with E-state index in [0.29, 0.717) is 25.5 Å². The monoisotopic (exact) mass is 332 g/mol. The molecule has 8 nitrogen and oxygen atoms in total. The topological polar surface area (TPSA) is 75.0 Å². The van der Waals surface area contributed by atoms with Gasteiger partial charge in [0.2, 0.25) is 5.91 Å². The van der Waals surface area contributed by atoms with Gasteiger partial charge >= 0.3 is 0 Å². The van der Waals surface area contributed by atoms with Crippen molar-refractivity contribution in [2.45, 2.75) is 12.8 Å². The predicted molar refractivity (Wildman–Crippen MR) is 92.4 cm³/mol. The van der Waals surface area contributed by atoms with Crippen molar-refractivity contribution in [2.24, 2.45) is 0 Å². The molecule has 0 bridgehead atoms. The fraction of sp³-hybridized carbons (Fsp3) is 0.562. The molecule has 1 saturated heterocycles. The molecule has 1 amide bonds. The second-order valence-electron chi connectivity index (χ2n) is 6.16. The second kappa shape index (κ2) is 7.59. The first kappa shape index (κ1) is 16.7. The Kier molecular flexibility index (Phi) is 5.27. The van der Waals surface area contributed by atoms with Gasteiger partial charge < -0.3 is 19.9 Å². The van der Waals surface area contributed by atoms with Crippen LogP contribution in [0.15, 0.2) is 18.3 Å². The molecular formula is C16H24N6O2. The molecule has 0 aromatic carbocycles. The molecule has 1 aliphatic rings. The van der Waals surface area contributed by atoms with Crippen LogP contribution in [0.1, 0.15) is 12.8 Å². The fourth-order valence-corrected chi connectivity index (χ4v) is 2.74. The predicted octanol–water partition coefficient (Wildman–Crippen LogP) is 0.846. The van der Waals surface area contributed by atoms with Gasteiger partial charge in [-0.1, -0.05) is 0 Å². The lowest BCUT2D eigenvalue weighted by molar-refractivity contribution is -0.116. The number of rotatable bonds is 6. The first-order valence-electron chi connectivity index (χ1n) is 8.25. The standard InChI is InChI=1S/C16H24N6O2/c1-20(2)7-3-4-15(23)19-13-12-16(21-8-10-24-11-9-21)22-14(18-13)5-6-17-22/h5-6,12H,3-4,7-11H2,1-2H3,(H,18,19,23). The van der Waals surface area contributed by atoms with E-state index in [2.05, 4.69) is 25.2 Å². The largest absolute Gasteiger partial charge is 0.378 e. The number of hydrogen-bond donors (Lipinski definition) is 1. The number of morpholine rings is 1. The molecular weight excluding hydrogens is 308 g/mol. The number of aromatic nitrogens is 3. The highest BCUT2D eigenvalue weighted by Gasteiger charge is 2.17. The molecule has 0 radical (unpaired) electrons. The van der Waals surface area contributed by atoms with Crippen molar-refractivity contribution >= 4 is 23.2 Å². The van der Waals surface area contributed by atoms with E-state index < -0.39 is 0 Å². The summed E-state index contributed by atoms with van der Waals surface area (Å²) in [5.41, 5.74) is 0.725. The van der Waals surface area contributed by atoms with Gasteiger partial charge in [0.25, 0.3) is 0 Å². The molecule has 1 fully saturated rings. The minimum Gasteiger partial charge on any atom is -0.378 e. The Morgan fingerprint density at radius 2 is 2.17 bits per heavy atom. The maximum Gasteiger partial charge on any atom is 0.225 e. The summed E-state index contributed by atoms with van der Waals surface area (Å²) >= 11 is 0. The summed E-state index contributed by atoms with van der Waals surface area (Å²) in [6, 6.07) is 3.72. The Morgan fingerprint density at radius 3 is 2.92 bits per heavy atom. The van der Waals surface area contributed by atoms with Crippen LogP contribution in [0, 0.1) is 0 Å². The van der Waals surface area contributed by atoms with Crippen LogP contribution in [0.3, 0.4) is 0 Å². The fourth-order valence-electron chi connectivity index (χ4n) is 2.74. The summed E-state index contributed by atoms with van der Waals surface area (Å²) in [4.78, 5) is 20.9. The molecule has 0 aliphatic carbocycles. The number of carbonyl (C=O) groups is 1. The normalized spacial score (nSPS) is 15.2. The molecule has 2 aromatic rings. The number of nitrogens with one attached hydrogen (secondary N) is 1.